The van der Waals surface area contributed by atoms with Gasteiger partial charge in [-0.25, -0.2) is 9.97 Å². The molecule has 1 aliphatic rings. The van der Waals surface area contributed by atoms with Crippen LogP contribution in [-0.2, 0) is 6.42 Å². The average Bonchev–Trinajstić information content (AvgIpc) is 2.97. The third-order valence-corrected chi connectivity index (χ3v) is 4.06. The minimum Gasteiger partial charge on any atom is -0.461 e. The van der Waals surface area contributed by atoms with E-state index in [0.29, 0.717) is 11.9 Å². The van der Waals surface area contributed by atoms with Crippen LogP contribution in [0.1, 0.15) is 50.9 Å². The molecule has 1 N–H and O–H groups in total. The molecule has 0 saturated heterocycles. The van der Waals surface area contributed by atoms with Gasteiger partial charge in [0.05, 0.1) is 6.26 Å². The van der Waals surface area contributed by atoms with E-state index < -0.39 is 0 Å². The summed E-state index contributed by atoms with van der Waals surface area (Å²) < 4.78 is 5.41. The molecule has 3 rings (SSSR count). The zero-order valence-corrected chi connectivity index (χ0v) is 13.0. The predicted molar refractivity (Wildman–Crippen MR) is 82.9 cm³/mol. The minimum absolute atomic E-state index is 0.257. The molecule has 0 saturated carbocycles. The standard InChI is InChI=1S/C17H23N3O/c1-4-7-18-13-9-17(2,3)10-14-12(13)11-19-16(20-14)15-6-5-8-21-15/h5-6,8,11,13,18H,4,7,9-10H2,1-3H3. The molecule has 0 aromatic carbocycles. The first-order valence-electron chi connectivity index (χ1n) is 7.72. The van der Waals surface area contributed by atoms with Gasteiger partial charge in [-0.2, -0.15) is 0 Å². The van der Waals surface area contributed by atoms with E-state index in [1.165, 1.54) is 5.56 Å². The van der Waals surface area contributed by atoms with Crippen LogP contribution in [0, 0.1) is 5.41 Å². The van der Waals surface area contributed by atoms with Crippen molar-refractivity contribution in [2.45, 2.75) is 46.1 Å². The average molecular weight is 285 g/mol. The summed E-state index contributed by atoms with van der Waals surface area (Å²) in [5.41, 5.74) is 2.66. The Morgan fingerprint density at radius 3 is 3.00 bits per heavy atom. The summed E-state index contributed by atoms with van der Waals surface area (Å²) in [7, 11) is 0. The number of rotatable bonds is 4. The number of nitrogens with one attached hydrogen (secondary N) is 1. The molecule has 0 spiro atoms. The van der Waals surface area contributed by atoms with Crippen LogP contribution in [0.5, 0.6) is 0 Å². The van der Waals surface area contributed by atoms with Gasteiger partial charge in [0.25, 0.3) is 0 Å². The summed E-state index contributed by atoms with van der Waals surface area (Å²) in [5.74, 6) is 1.42. The normalized spacial score (nSPS) is 20.2. The summed E-state index contributed by atoms with van der Waals surface area (Å²) in [6.07, 6.45) is 6.89. The van der Waals surface area contributed by atoms with Gasteiger partial charge >= 0.3 is 0 Å². The van der Waals surface area contributed by atoms with Crippen molar-refractivity contribution in [3.05, 3.63) is 35.9 Å². The number of hydrogen-bond donors (Lipinski definition) is 1. The van der Waals surface area contributed by atoms with Crippen LogP contribution in [0.4, 0.5) is 0 Å². The lowest BCUT2D eigenvalue weighted by atomic mass is 9.74. The van der Waals surface area contributed by atoms with Gasteiger partial charge in [0.1, 0.15) is 0 Å². The van der Waals surface area contributed by atoms with Crippen molar-refractivity contribution in [3.63, 3.8) is 0 Å². The van der Waals surface area contributed by atoms with Gasteiger partial charge in [0.2, 0.25) is 0 Å². The highest BCUT2D eigenvalue weighted by Crippen LogP contribution is 2.40. The van der Waals surface area contributed by atoms with Crippen LogP contribution in [0.15, 0.2) is 29.0 Å². The number of aromatic nitrogens is 2. The first kappa shape index (κ1) is 14.3. The van der Waals surface area contributed by atoms with Gasteiger partial charge in [-0.3, -0.25) is 0 Å². The molecular formula is C17H23N3O. The van der Waals surface area contributed by atoms with E-state index in [9.17, 15) is 0 Å². The molecule has 1 atom stereocenters. The van der Waals surface area contributed by atoms with Crippen molar-refractivity contribution in [1.29, 1.82) is 0 Å². The zero-order valence-electron chi connectivity index (χ0n) is 13.0. The summed E-state index contributed by atoms with van der Waals surface area (Å²) in [4.78, 5) is 9.26. The van der Waals surface area contributed by atoms with Gasteiger partial charge in [-0.15, -0.1) is 0 Å². The maximum absolute atomic E-state index is 5.41. The molecule has 2 aromatic rings. The molecule has 2 aromatic heterocycles. The third-order valence-electron chi connectivity index (χ3n) is 4.06. The van der Waals surface area contributed by atoms with Crippen molar-refractivity contribution in [1.82, 2.24) is 15.3 Å². The summed E-state index contributed by atoms with van der Waals surface area (Å²) in [6, 6.07) is 4.13. The molecule has 2 heterocycles. The predicted octanol–water partition coefficient (Wildman–Crippen LogP) is 3.75. The lowest BCUT2D eigenvalue weighted by Crippen LogP contribution is -2.34. The molecule has 0 radical (unpaired) electrons. The Bertz CT molecular complexity index is 605. The lowest BCUT2D eigenvalue weighted by Gasteiger charge is -2.36. The lowest BCUT2D eigenvalue weighted by molar-refractivity contribution is 0.254. The second-order valence-corrected chi connectivity index (χ2v) is 6.62. The van der Waals surface area contributed by atoms with Crippen molar-refractivity contribution in [2.24, 2.45) is 5.41 Å². The summed E-state index contributed by atoms with van der Waals surface area (Å²) in [6.45, 7) is 7.84. The summed E-state index contributed by atoms with van der Waals surface area (Å²) >= 11 is 0. The van der Waals surface area contributed by atoms with Crippen LogP contribution in [0.25, 0.3) is 11.6 Å². The summed E-state index contributed by atoms with van der Waals surface area (Å²) in [5, 5.41) is 3.63. The number of nitrogens with zero attached hydrogens (tertiary/aromatic N) is 2. The number of furan rings is 1. The van der Waals surface area contributed by atoms with E-state index >= 15 is 0 Å². The van der Waals surface area contributed by atoms with E-state index in [2.05, 4.69) is 31.1 Å². The second kappa shape index (κ2) is 5.60. The Hall–Kier alpha value is -1.68. The van der Waals surface area contributed by atoms with Crippen LogP contribution in [0.2, 0.25) is 0 Å². The first-order valence-corrected chi connectivity index (χ1v) is 7.72. The number of hydrogen-bond acceptors (Lipinski definition) is 4. The van der Waals surface area contributed by atoms with Crippen molar-refractivity contribution < 1.29 is 4.42 Å². The fourth-order valence-corrected chi connectivity index (χ4v) is 3.07. The van der Waals surface area contributed by atoms with E-state index in [0.717, 1.165) is 37.3 Å². The Morgan fingerprint density at radius 1 is 1.43 bits per heavy atom. The van der Waals surface area contributed by atoms with E-state index in [4.69, 9.17) is 9.40 Å². The highest BCUT2D eigenvalue weighted by molar-refractivity contribution is 5.47. The Labute approximate surface area is 126 Å². The Kier molecular flexibility index (Phi) is 3.81. The van der Waals surface area contributed by atoms with E-state index in [-0.39, 0.29) is 5.41 Å². The molecule has 21 heavy (non-hydrogen) atoms. The van der Waals surface area contributed by atoms with E-state index in [1.54, 1.807) is 6.26 Å². The van der Waals surface area contributed by atoms with Gasteiger partial charge in [0.15, 0.2) is 11.6 Å². The van der Waals surface area contributed by atoms with Gasteiger partial charge in [-0.05, 0) is 43.4 Å². The highest BCUT2D eigenvalue weighted by atomic mass is 16.3. The zero-order chi connectivity index (χ0) is 14.9. The fraction of sp³-hybridized carbons (Fsp3) is 0.529. The van der Waals surface area contributed by atoms with Crippen LogP contribution < -0.4 is 5.32 Å². The van der Waals surface area contributed by atoms with Crippen LogP contribution >= 0.6 is 0 Å². The molecule has 1 unspecified atom stereocenters. The first-order chi connectivity index (χ1) is 10.1. The highest BCUT2D eigenvalue weighted by Gasteiger charge is 2.33. The molecule has 0 aliphatic heterocycles. The molecule has 0 amide bonds. The third kappa shape index (κ3) is 3.00. The Balaban J connectivity index is 1.96. The second-order valence-electron chi connectivity index (χ2n) is 6.62. The molecular weight excluding hydrogens is 262 g/mol. The van der Waals surface area contributed by atoms with Crippen LogP contribution in [-0.4, -0.2) is 16.5 Å². The van der Waals surface area contributed by atoms with Gasteiger partial charge in [0, 0.05) is 23.5 Å². The minimum atomic E-state index is 0.257. The molecule has 0 bridgehead atoms. The van der Waals surface area contributed by atoms with Crippen molar-refractivity contribution >= 4 is 0 Å². The maximum atomic E-state index is 5.41. The molecule has 0 fully saturated rings. The van der Waals surface area contributed by atoms with E-state index in [1.807, 2.05) is 18.3 Å². The largest absolute Gasteiger partial charge is 0.461 e. The SMILES string of the molecule is CCCNC1CC(C)(C)Cc2nc(-c3ccco3)ncc21. The monoisotopic (exact) mass is 285 g/mol. The number of fused-ring (bicyclic) bond motifs is 1. The van der Waals surface area contributed by atoms with Gasteiger partial charge in [-0.1, -0.05) is 20.8 Å². The maximum Gasteiger partial charge on any atom is 0.195 e. The topological polar surface area (TPSA) is 51.0 Å². The molecule has 4 heteroatoms. The van der Waals surface area contributed by atoms with Crippen molar-refractivity contribution in [3.8, 4) is 11.6 Å². The fourth-order valence-electron chi connectivity index (χ4n) is 3.07. The quantitative estimate of drug-likeness (QED) is 0.929. The smallest absolute Gasteiger partial charge is 0.195 e. The Morgan fingerprint density at radius 2 is 2.29 bits per heavy atom. The molecule has 112 valence electrons. The van der Waals surface area contributed by atoms with Gasteiger partial charge < -0.3 is 9.73 Å². The van der Waals surface area contributed by atoms with Crippen molar-refractivity contribution in [2.75, 3.05) is 6.54 Å². The molecule has 1 aliphatic carbocycles. The van der Waals surface area contributed by atoms with Crippen LogP contribution in [0.3, 0.4) is 0 Å². The molecule has 4 nitrogen and oxygen atoms in total.